The van der Waals surface area contributed by atoms with Crippen LogP contribution in [-0.2, 0) is 19.1 Å². The van der Waals surface area contributed by atoms with Gasteiger partial charge in [-0.2, -0.15) is 0 Å². The van der Waals surface area contributed by atoms with Gasteiger partial charge in [0.2, 0.25) is 5.91 Å². The number of aromatic nitrogens is 1. The summed E-state index contributed by atoms with van der Waals surface area (Å²) in [6.45, 7) is 9.17. The van der Waals surface area contributed by atoms with Gasteiger partial charge < -0.3 is 23.8 Å². The molecular formula is C31H40FN3O5. The second kappa shape index (κ2) is 12.6. The van der Waals surface area contributed by atoms with E-state index in [1.807, 2.05) is 4.90 Å². The number of ether oxygens (including phenoxy) is 2. The van der Waals surface area contributed by atoms with Crippen LogP contribution < -0.4 is 0 Å². The van der Waals surface area contributed by atoms with Crippen molar-refractivity contribution in [2.75, 3.05) is 33.0 Å². The Kier molecular flexibility index (Phi) is 9.00. The summed E-state index contributed by atoms with van der Waals surface area (Å²) in [5.41, 5.74) is 4.57. The van der Waals surface area contributed by atoms with Crippen LogP contribution in [0.5, 0.6) is 0 Å². The predicted octanol–water partition coefficient (Wildman–Crippen LogP) is 5.49. The first-order valence-corrected chi connectivity index (χ1v) is 14.6. The van der Waals surface area contributed by atoms with Crippen molar-refractivity contribution in [1.29, 1.82) is 0 Å². The van der Waals surface area contributed by atoms with Crippen LogP contribution in [0.2, 0.25) is 0 Å². The monoisotopic (exact) mass is 553 g/mol. The normalized spacial score (nSPS) is 24.9. The van der Waals surface area contributed by atoms with Crippen LogP contribution in [0, 0.1) is 5.82 Å². The number of carbonyl (C=O) groups is 2. The Morgan fingerprint density at radius 1 is 1.18 bits per heavy atom. The van der Waals surface area contributed by atoms with E-state index >= 15 is 0 Å². The van der Waals surface area contributed by atoms with Gasteiger partial charge in [0, 0.05) is 42.5 Å². The van der Waals surface area contributed by atoms with Crippen molar-refractivity contribution in [3.05, 3.63) is 52.5 Å². The molecule has 3 aliphatic heterocycles. The summed E-state index contributed by atoms with van der Waals surface area (Å²) < 4.78 is 30.1. The first kappa shape index (κ1) is 28.5. The zero-order valence-electron chi connectivity index (χ0n) is 23.8. The van der Waals surface area contributed by atoms with Crippen LogP contribution in [0.4, 0.5) is 4.39 Å². The third-order valence-electron chi connectivity index (χ3n) is 8.71. The summed E-state index contributed by atoms with van der Waals surface area (Å²) in [7, 11) is 0. The summed E-state index contributed by atoms with van der Waals surface area (Å²) in [6, 6.07) is 4.46. The number of benzene rings is 1. The topological polar surface area (TPSA) is 85.1 Å². The summed E-state index contributed by atoms with van der Waals surface area (Å²) in [4.78, 5) is 29.9. The molecule has 4 heterocycles. The lowest BCUT2D eigenvalue weighted by atomic mass is 9.87. The second-order valence-electron chi connectivity index (χ2n) is 11.3. The molecule has 0 N–H and O–H groups in total. The zero-order valence-corrected chi connectivity index (χ0v) is 23.8. The molecule has 2 aromatic rings. The van der Waals surface area contributed by atoms with Crippen molar-refractivity contribution >= 4 is 22.8 Å². The molecular weight excluding hydrogens is 513 g/mol. The van der Waals surface area contributed by atoms with Gasteiger partial charge in [-0.15, -0.1) is 0 Å². The highest BCUT2D eigenvalue weighted by Crippen LogP contribution is 2.34. The number of carbonyl (C=O) groups excluding carboxylic acids is 2. The van der Waals surface area contributed by atoms with Gasteiger partial charge in [0.15, 0.2) is 12.4 Å². The summed E-state index contributed by atoms with van der Waals surface area (Å²) in [5, 5.41) is 5.16. The van der Waals surface area contributed by atoms with Gasteiger partial charge in [-0.25, -0.2) is 4.39 Å². The van der Waals surface area contributed by atoms with E-state index in [2.05, 4.69) is 30.0 Å². The summed E-state index contributed by atoms with van der Waals surface area (Å²) in [6.07, 6.45) is 7.36. The fourth-order valence-electron chi connectivity index (χ4n) is 6.35. The number of esters is 1. The number of nitrogens with zero attached hydrogens (tertiary/aromatic N) is 3. The fourth-order valence-corrected chi connectivity index (χ4v) is 6.35. The van der Waals surface area contributed by atoms with E-state index in [4.69, 9.17) is 14.0 Å². The Bertz CT molecular complexity index is 1290. The Morgan fingerprint density at radius 3 is 2.75 bits per heavy atom. The average molecular weight is 554 g/mol. The smallest absolute Gasteiger partial charge is 0.307 e. The summed E-state index contributed by atoms with van der Waals surface area (Å²) >= 11 is 0. The van der Waals surface area contributed by atoms with Gasteiger partial charge in [0.25, 0.3) is 0 Å². The fraction of sp³-hybridized carbons (Fsp3) is 0.581. The number of halogens is 1. The molecule has 0 radical (unpaired) electrons. The zero-order chi connectivity index (χ0) is 28.2. The SMILES string of the molecule is CCC(=O)OCOC1CCCN2C(=O)/C(CCN3CCC(c4noc5cc(F)ccc45)CC3)=C(/C)CC=C(C)C12. The number of piperidine rings is 2. The lowest BCUT2D eigenvalue weighted by Crippen LogP contribution is -2.53. The number of likely N-dealkylation sites (tertiary alicyclic amines) is 1. The van der Waals surface area contributed by atoms with E-state index in [9.17, 15) is 14.0 Å². The van der Waals surface area contributed by atoms with E-state index in [1.165, 1.54) is 12.1 Å². The largest absolute Gasteiger partial charge is 0.438 e. The van der Waals surface area contributed by atoms with Gasteiger partial charge in [-0.3, -0.25) is 9.59 Å². The van der Waals surface area contributed by atoms with Gasteiger partial charge in [0.05, 0.1) is 17.8 Å². The minimum Gasteiger partial charge on any atom is -0.438 e. The molecule has 5 rings (SSSR count). The number of amides is 1. The minimum absolute atomic E-state index is 0.0815. The molecule has 9 heteroatoms. The maximum Gasteiger partial charge on any atom is 0.307 e. The molecule has 3 aliphatic rings. The number of rotatable bonds is 8. The number of hydrogen-bond donors (Lipinski definition) is 0. The molecule has 0 bridgehead atoms. The van der Waals surface area contributed by atoms with E-state index in [0.29, 0.717) is 25.0 Å². The number of fused-ring (bicyclic) bond motifs is 2. The highest BCUT2D eigenvalue weighted by Gasteiger charge is 2.38. The quantitative estimate of drug-likeness (QED) is 0.243. The van der Waals surface area contributed by atoms with Crippen LogP contribution in [0.3, 0.4) is 0 Å². The van der Waals surface area contributed by atoms with E-state index in [-0.39, 0.29) is 42.6 Å². The maximum absolute atomic E-state index is 13.9. The van der Waals surface area contributed by atoms with Crippen LogP contribution in [0.1, 0.15) is 77.3 Å². The third-order valence-corrected chi connectivity index (χ3v) is 8.71. The standard InChI is InChI=1S/C31H40FN3O5/c1-4-28(36)39-19-38-26-6-5-14-35-30(26)21(3)8-7-20(2)24(31(35)37)13-17-34-15-11-22(12-16-34)29-25-10-9-23(32)18-27(25)40-33-29/h8-10,18,22,26,30H,4-7,11-17,19H2,1-3H3/b21-8?,24-20-. The molecule has 1 amide bonds. The van der Waals surface area contributed by atoms with Gasteiger partial charge in [0.1, 0.15) is 5.82 Å². The Labute approximate surface area is 235 Å². The molecule has 40 heavy (non-hydrogen) atoms. The Balaban J connectivity index is 1.20. The molecule has 0 saturated carbocycles. The van der Waals surface area contributed by atoms with Gasteiger partial charge in [-0.05, 0) is 77.6 Å². The molecule has 2 saturated heterocycles. The second-order valence-corrected chi connectivity index (χ2v) is 11.3. The first-order valence-electron chi connectivity index (χ1n) is 14.6. The van der Waals surface area contributed by atoms with Crippen molar-refractivity contribution in [3.8, 4) is 0 Å². The molecule has 2 fully saturated rings. The van der Waals surface area contributed by atoms with Crippen LogP contribution >= 0.6 is 0 Å². The summed E-state index contributed by atoms with van der Waals surface area (Å²) in [5.74, 6) is -0.226. The van der Waals surface area contributed by atoms with Crippen molar-refractivity contribution in [3.63, 3.8) is 0 Å². The van der Waals surface area contributed by atoms with E-state index in [0.717, 1.165) is 79.5 Å². The number of allylic oxidation sites excluding steroid dienone is 2. The number of hydrogen-bond acceptors (Lipinski definition) is 7. The molecule has 2 unspecified atom stereocenters. The molecule has 8 nitrogen and oxygen atoms in total. The van der Waals surface area contributed by atoms with Crippen molar-refractivity contribution < 1.29 is 28.0 Å². The van der Waals surface area contributed by atoms with Crippen molar-refractivity contribution in [2.24, 2.45) is 0 Å². The lowest BCUT2D eigenvalue weighted by Gasteiger charge is -2.43. The first-order chi connectivity index (χ1) is 19.4. The predicted molar refractivity (Wildman–Crippen MR) is 149 cm³/mol. The highest BCUT2D eigenvalue weighted by atomic mass is 19.1. The third kappa shape index (κ3) is 6.15. The minimum atomic E-state index is -0.319. The van der Waals surface area contributed by atoms with Gasteiger partial charge in [-0.1, -0.05) is 29.3 Å². The van der Waals surface area contributed by atoms with Crippen molar-refractivity contribution in [1.82, 2.24) is 15.0 Å². The molecule has 0 spiro atoms. The molecule has 1 aromatic heterocycles. The molecule has 216 valence electrons. The molecule has 0 aliphatic carbocycles. The average Bonchev–Trinajstić information content (AvgIpc) is 3.38. The van der Waals surface area contributed by atoms with Crippen LogP contribution in [0.25, 0.3) is 11.0 Å². The lowest BCUT2D eigenvalue weighted by molar-refractivity contribution is -0.167. The van der Waals surface area contributed by atoms with Crippen LogP contribution in [0.15, 0.2) is 45.5 Å². The van der Waals surface area contributed by atoms with Crippen molar-refractivity contribution in [2.45, 2.75) is 83.8 Å². The van der Waals surface area contributed by atoms with Crippen LogP contribution in [-0.4, -0.2) is 72.0 Å². The molecule has 2 atom stereocenters. The van der Waals surface area contributed by atoms with Gasteiger partial charge >= 0.3 is 5.97 Å². The Morgan fingerprint density at radius 2 is 1.98 bits per heavy atom. The molecule has 1 aromatic carbocycles. The van der Waals surface area contributed by atoms with E-state index in [1.54, 1.807) is 13.0 Å². The van der Waals surface area contributed by atoms with E-state index < -0.39 is 0 Å². The highest BCUT2D eigenvalue weighted by molar-refractivity contribution is 5.95. The maximum atomic E-state index is 13.9. The Hall–Kier alpha value is -3.04.